The van der Waals surface area contributed by atoms with Crippen LogP contribution >= 0.6 is 0 Å². The number of benzene rings is 1. The third-order valence-electron chi connectivity index (χ3n) is 5.19. The van der Waals surface area contributed by atoms with Crippen molar-refractivity contribution < 1.29 is 28.2 Å². The lowest BCUT2D eigenvalue weighted by molar-refractivity contribution is -0.134. The molecule has 0 aromatic heterocycles. The Hall–Kier alpha value is -2.68. The summed E-state index contributed by atoms with van der Waals surface area (Å²) in [5, 5.41) is 5.46. The van der Waals surface area contributed by atoms with E-state index in [-0.39, 0.29) is 24.3 Å². The number of methoxy groups -OCH3 is 1. The molecule has 9 heteroatoms. The first-order chi connectivity index (χ1) is 14.1. The lowest BCUT2D eigenvalue weighted by Gasteiger charge is -2.37. The van der Waals surface area contributed by atoms with Gasteiger partial charge in [-0.25, -0.2) is 9.18 Å². The van der Waals surface area contributed by atoms with Gasteiger partial charge in [0.1, 0.15) is 17.2 Å². The molecule has 0 bridgehead atoms. The first-order valence-electron chi connectivity index (χ1n) is 10.0. The number of halogens is 1. The van der Waals surface area contributed by atoms with Crippen molar-refractivity contribution in [2.24, 2.45) is 0 Å². The number of amides is 3. The van der Waals surface area contributed by atoms with Crippen LogP contribution in [0.3, 0.4) is 0 Å². The molecule has 3 rings (SSSR count). The van der Waals surface area contributed by atoms with Gasteiger partial charge in [0.05, 0.1) is 19.1 Å². The molecule has 1 aromatic carbocycles. The molecule has 30 heavy (non-hydrogen) atoms. The molecule has 2 atom stereocenters. The molecular weight excluding hydrogens is 393 g/mol. The largest absolute Gasteiger partial charge is 0.496 e. The smallest absolute Gasteiger partial charge is 0.410 e. The summed E-state index contributed by atoms with van der Waals surface area (Å²) in [6.07, 6.45) is -0.0434. The molecule has 8 nitrogen and oxygen atoms in total. The molecular formula is C21H28FN3O5. The van der Waals surface area contributed by atoms with Gasteiger partial charge in [0.2, 0.25) is 11.8 Å². The maximum atomic E-state index is 15.2. The van der Waals surface area contributed by atoms with E-state index in [4.69, 9.17) is 9.47 Å². The summed E-state index contributed by atoms with van der Waals surface area (Å²) in [5.41, 5.74) is -0.00412. The Morgan fingerprint density at radius 1 is 1.23 bits per heavy atom. The standard InChI is InChI=1S/C21H28FN3O5/c1-21(2,3)30-20(28)25-8-7-23-11-16(25)14-10-17(29-4)13(9-15(14)22)12-5-6-18(26)24-19(12)27/h9-10,12,16,23H,5-8,11H2,1-4H3,(H,24,26,27). The molecule has 2 saturated heterocycles. The Bertz CT molecular complexity index is 852. The van der Waals surface area contributed by atoms with E-state index in [0.717, 1.165) is 0 Å². The molecule has 2 N–H and O–H groups in total. The highest BCUT2D eigenvalue weighted by molar-refractivity contribution is 6.01. The highest BCUT2D eigenvalue weighted by atomic mass is 19.1. The van der Waals surface area contributed by atoms with Crippen LogP contribution in [0.1, 0.15) is 56.7 Å². The summed E-state index contributed by atoms with van der Waals surface area (Å²) in [5.74, 6) is -1.68. The van der Waals surface area contributed by atoms with Gasteiger partial charge in [0.25, 0.3) is 0 Å². The van der Waals surface area contributed by atoms with Crippen molar-refractivity contribution >= 4 is 17.9 Å². The first-order valence-corrected chi connectivity index (χ1v) is 10.0. The Kier molecular flexibility index (Phi) is 6.30. The summed E-state index contributed by atoms with van der Waals surface area (Å²) < 4.78 is 26.2. The van der Waals surface area contributed by atoms with E-state index in [1.165, 1.54) is 24.1 Å². The monoisotopic (exact) mass is 421 g/mol. The normalized spacial score (nSPS) is 22.5. The molecule has 0 aliphatic carbocycles. The zero-order valence-electron chi connectivity index (χ0n) is 17.7. The number of piperidine rings is 1. The second kappa shape index (κ2) is 8.59. The zero-order chi connectivity index (χ0) is 22.1. The molecule has 2 heterocycles. The summed E-state index contributed by atoms with van der Waals surface area (Å²) in [4.78, 5) is 37.9. The molecule has 1 aromatic rings. The minimum Gasteiger partial charge on any atom is -0.496 e. The van der Waals surface area contributed by atoms with E-state index in [0.29, 0.717) is 30.9 Å². The third-order valence-corrected chi connectivity index (χ3v) is 5.19. The summed E-state index contributed by atoms with van der Waals surface area (Å²) >= 11 is 0. The molecule has 0 radical (unpaired) electrons. The van der Waals surface area contributed by atoms with Gasteiger partial charge in [-0.2, -0.15) is 0 Å². The molecule has 3 amide bonds. The van der Waals surface area contributed by atoms with Crippen molar-refractivity contribution in [1.29, 1.82) is 0 Å². The van der Waals surface area contributed by atoms with Gasteiger partial charge in [-0.05, 0) is 39.3 Å². The second-order valence-electron chi connectivity index (χ2n) is 8.51. The van der Waals surface area contributed by atoms with E-state index in [1.54, 1.807) is 20.8 Å². The topological polar surface area (TPSA) is 97.0 Å². The van der Waals surface area contributed by atoms with Gasteiger partial charge >= 0.3 is 6.09 Å². The molecule has 2 unspecified atom stereocenters. The Balaban J connectivity index is 1.94. The van der Waals surface area contributed by atoms with Crippen LogP contribution in [0.15, 0.2) is 12.1 Å². The maximum absolute atomic E-state index is 15.2. The van der Waals surface area contributed by atoms with Crippen LogP contribution in [0.2, 0.25) is 0 Å². The fourth-order valence-corrected chi connectivity index (χ4v) is 3.80. The first kappa shape index (κ1) is 22.0. The minimum atomic E-state index is -0.673. The van der Waals surface area contributed by atoms with Crippen molar-refractivity contribution in [1.82, 2.24) is 15.5 Å². The van der Waals surface area contributed by atoms with E-state index < -0.39 is 35.4 Å². The minimum absolute atomic E-state index is 0.182. The predicted molar refractivity (Wildman–Crippen MR) is 107 cm³/mol. The van der Waals surface area contributed by atoms with Crippen LogP contribution in [0.25, 0.3) is 0 Å². The molecule has 164 valence electrons. The summed E-state index contributed by atoms with van der Waals surface area (Å²) in [6.45, 7) is 6.64. The van der Waals surface area contributed by atoms with Crippen LogP contribution in [-0.4, -0.2) is 55.2 Å². The van der Waals surface area contributed by atoms with E-state index in [9.17, 15) is 14.4 Å². The molecule has 2 aliphatic heterocycles. The Morgan fingerprint density at radius 2 is 1.97 bits per heavy atom. The van der Waals surface area contributed by atoms with Crippen molar-refractivity contribution in [3.63, 3.8) is 0 Å². The van der Waals surface area contributed by atoms with Gasteiger partial charge in [-0.15, -0.1) is 0 Å². The number of imide groups is 1. The van der Waals surface area contributed by atoms with Crippen LogP contribution in [-0.2, 0) is 14.3 Å². The van der Waals surface area contributed by atoms with Gasteiger partial charge in [-0.3, -0.25) is 19.8 Å². The van der Waals surface area contributed by atoms with Crippen molar-refractivity contribution in [2.75, 3.05) is 26.7 Å². The van der Waals surface area contributed by atoms with Crippen LogP contribution in [0.5, 0.6) is 5.75 Å². The average Bonchev–Trinajstić information content (AvgIpc) is 2.66. The van der Waals surface area contributed by atoms with Crippen LogP contribution in [0, 0.1) is 5.82 Å². The van der Waals surface area contributed by atoms with E-state index >= 15 is 4.39 Å². The van der Waals surface area contributed by atoms with Crippen LogP contribution < -0.4 is 15.4 Å². The average molecular weight is 421 g/mol. The number of carbonyl (C=O) groups is 3. The van der Waals surface area contributed by atoms with Gasteiger partial charge < -0.3 is 14.8 Å². The molecule has 2 fully saturated rings. The fraction of sp³-hybridized carbons (Fsp3) is 0.571. The third kappa shape index (κ3) is 4.72. The molecule has 0 spiro atoms. The molecule has 2 aliphatic rings. The number of nitrogens with zero attached hydrogens (tertiary/aromatic N) is 1. The second-order valence-corrected chi connectivity index (χ2v) is 8.51. The Labute approximate surface area is 175 Å². The zero-order valence-corrected chi connectivity index (χ0v) is 17.7. The molecule has 0 saturated carbocycles. The van der Waals surface area contributed by atoms with Crippen molar-refractivity contribution in [3.05, 3.63) is 29.1 Å². The van der Waals surface area contributed by atoms with E-state index in [1.807, 2.05) is 0 Å². The van der Waals surface area contributed by atoms with Gasteiger partial charge in [0, 0.05) is 37.2 Å². The SMILES string of the molecule is COc1cc(C2CNCCN2C(=O)OC(C)(C)C)c(F)cc1C1CCC(=O)NC1=O. The number of ether oxygens (including phenoxy) is 2. The lowest BCUT2D eigenvalue weighted by atomic mass is 9.88. The number of carbonyl (C=O) groups excluding carboxylic acids is 3. The van der Waals surface area contributed by atoms with Gasteiger partial charge in [-0.1, -0.05) is 0 Å². The number of hydrogen-bond donors (Lipinski definition) is 2. The van der Waals surface area contributed by atoms with Crippen molar-refractivity contribution in [2.45, 2.75) is 51.2 Å². The summed E-state index contributed by atoms with van der Waals surface area (Å²) in [6, 6.07) is 2.22. The Morgan fingerprint density at radius 3 is 2.60 bits per heavy atom. The quantitative estimate of drug-likeness (QED) is 0.727. The van der Waals surface area contributed by atoms with Gasteiger partial charge in [0.15, 0.2) is 0 Å². The highest BCUT2D eigenvalue weighted by Crippen LogP contribution is 2.37. The maximum Gasteiger partial charge on any atom is 0.410 e. The summed E-state index contributed by atoms with van der Waals surface area (Å²) in [7, 11) is 1.44. The number of piperazine rings is 1. The van der Waals surface area contributed by atoms with Crippen LogP contribution in [0.4, 0.5) is 9.18 Å². The highest BCUT2D eigenvalue weighted by Gasteiger charge is 2.35. The predicted octanol–water partition coefficient (Wildman–Crippen LogP) is 2.24. The van der Waals surface area contributed by atoms with E-state index in [2.05, 4.69) is 10.6 Å². The fourth-order valence-electron chi connectivity index (χ4n) is 3.80. The number of nitrogens with one attached hydrogen (secondary N) is 2. The lowest BCUT2D eigenvalue weighted by Crippen LogP contribution is -2.50. The number of rotatable bonds is 3. The number of hydrogen-bond acceptors (Lipinski definition) is 6. The van der Waals surface area contributed by atoms with Crippen molar-refractivity contribution in [3.8, 4) is 5.75 Å².